The molecule has 0 aliphatic carbocycles. The number of fused-ring (bicyclic) bond motifs is 1. The summed E-state index contributed by atoms with van der Waals surface area (Å²) in [6, 6.07) is 20.5. The number of aryl methyl sites for hydroxylation is 2. The van der Waals surface area contributed by atoms with Crippen molar-refractivity contribution >= 4 is 32.7 Å². The van der Waals surface area contributed by atoms with Crippen LogP contribution in [-0.2, 0) is 16.6 Å². The van der Waals surface area contributed by atoms with E-state index in [0.717, 1.165) is 29.0 Å². The molecule has 1 atom stereocenters. The fourth-order valence-electron chi connectivity index (χ4n) is 3.72. The second kappa shape index (κ2) is 9.07. The van der Waals surface area contributed by atoms with Crippen LogP contribution in [0.4, 0.5) is 5.69 Å². The van der Waals surface area contributed by atoms with Gasteiger partial charge >= 0.3 is 0 Å². The summed E-state index contributed by atoms with van der Waals surface area (Å²) in [5.41, 5.74) is 3.79. The first-order valence-electron chi connectivity index (χ1n) is 10.7. The number of nitrogens with zero attached hydrogens (tertiary/aromatic N) is 2. The largest absolute Gasteiger partial charge is 0.342 e. The summed E-state index contributed by atoms with van der Waals surface area (Å²) in [4.78, 5) is 17.6. The molecule has 0 spiro atoms. The van der Waals surface area contributed by atoms with Gasteiger partial charge in [0.2, 0.25) is 0 Å². The maximum Gasteiger partial charge on any atom is 0.261 e. The number of hydrogen-bond acceptors (Lipinski definition) is 4. The Labute approximate surface area is 193 Å². The van der Waals surface area contributed by atoms with Gasteiger partial charge in [-0.05, 0) is 69.3 Å². The highest BCUT2D eigenvalue weighted by Crippen LogP contribution is 2.22. The fourth-order valence-corrected chi connectivity index (χ4v) is 4.78. The van der Waals surface area contributed by atoms with E-state index in [-0.39, 0.29) is 16.8 Å². The molecule has 0 saturated heterocycles. The number of amides is 1. The van der Waals surface area contributed by atoms with Gasteiger partial charge in [0.05, 0.1) is 22.0 Å². The minimum atomic E-state index is -3.75. The van der Waals surface area contributed by atoms with Crippen LogP contribution in [0, 0.1) is 6.92 Å². The standard InChI is InChI=1S/C25H26N4O3S/c1-4-29-23-8-6-5-7-22(23)27-24(29)18(3)26-25(30)19-11-15-21(16-12-19)33(31,32)28-20-13-9-17(2)10-14-20/h5-16,18,28H,4H2,1-3H3,(H,26,30). The van der Waals surface area contributed by atoms with Crippen molar-refractivity contribution < 1.29 is 13.2 Å². The third-order valence-corrected chi connectivity index (χ3v) is 6.86. The molecule has 1 amide bonds. The lowest BCUT2D eigenvalue weighted by atomic mass is 10.2. The van der Waals surface area contributed by atoms with Crippen LogP contribution in [0.15, 0.2) is 77.7 Å². The highest BCUT2D eigenvalue weighted by molar-refractivity contribution is 7.92. The number of carbonyl (C=O) groups is 1. The number of carbonyl (C=O) groups excluding carboxylic acids is 1. The molecular weight excluding hydrogens is 436 g/mol. The number of aromatic nitrogens is 2. The third-order valence-electron chi connectivity index (χ3n) is 5.47. The van der Waals surface area contributed by atoms with Crippen molar-refractivity contribution in [1.29, 1.82) is 0 Å². The van der Waals surface area contributed by atoms with Gasteiger partial charge in [-0.2, -0.15) is 0 Å². The topological polar surface area (TPSA) is 93.1 Å². The van der Waals surface area contributed by atoms with Crippen LogP contribution in [-0.4, -0.2) is 23.9 Å². The van der Waals surface area contributed by atoms with Crippen molar-refractivity contribution in [3.8, 4) is 0 Å². The normalized spacial score (nSPS) is 12.5. The Morgan fingerprint density at radius 2 is 1.67 bits per heavy atom. The molecule has 4 rings (SSSR count). The quantitative estimate of drug-likeness (QED) is 0.418. The van der Waals surface area contributed by atoms with Gasteiger partial charge in [-0.15, -0.1) is 0 Å². The van der Waals surface area contributed by atoms with Crippen molar-refractivity contribution in [2.75, 3.05) is 4.72 Å². The van der Waals surface area contributed by atoms with E-state index in [2.05, 4.69) is 19.6 Å². The van der Waals surface area contributed by atoms with Crippen LogP contribution >= 0.6 is 0 Å². The van der Waals surface area contributed by atoms with Crippen molar-refractivity contribution in [1.82, 2.24) is 14.9 Å². The lowest BCUT2D eigenvalue weighted by Crippen LogP contribution is -2.28. The Hall–Kier alpha value is -3.65. The average Bonchev–Trinajstić information content (AvgIpc) is 3.19. The zero-order valence-electron chi connectivity index (χ0n) is 18.7. The summed E-state index contributed by atoms with van der Waals surface area (Å²) in [5.74, 6) is 0.473. The molecule has 0 aliphatic heterocycles. The third kappa shape index (κ3) is 4.75. The lowest BCUT2D eigenvalue weighted by Gasteiger charge is -2.15. The van der Waals surface area contributed by atoms with Gasteiger partial charge in [0.15, 0.2) is 0 Å². The number of para-hydroxylation sites is 2. The predicted molar refractivity (Wildman–Crippen MR) is 130 cm³/mol. The molecule has 0 aliphatic rings. The van der Waals surface area contributed by atoms with Crippen molar-refractivity contribution in [2.45, 2.75) is 38.3 Å². The van der Waals surface area contributed by atoms with Gasteiger partial charge in [0.1, 0.15) is 5.82 Å². The molecule has 0 saturated carbocycles. The maximum atomic E-state index is 12.8. The predicted octanol–water partition coefficient (Wildman–Crippen LogP) is 4.66. The molecule has 1 aromatic heterocycles. The second-order valence-electron chi connectivity index (χ2n) is 7.89. The number of anilines is 1. The van der Waals surface area contributed by atoms with Crippen molar-refractivity contribution in [2.24, 2.45) is 0 Å². The summed E-state index contributed by atoms with van der Waals surface area (Å²) < 4.78 is 30.0. The Morgan fingerprint density at radius 3 is 2.33 bits per heavy atom. The first kappa shape index (κ1) is 22.5. The van der Waals surface area contributed by atoms with Crippen LogP contribution in [0.3, 0.4) is 0 Å². The van der Waals surface area contributed by atoms with Gasteiger partial charge in [0.25, 0.3) is 15.9 Å². The van der Waals surface area contributed by atoms with Crippen LogP contribution < -0.4 is 10.0 Å². The smallest absolute Gasteiger partial charge is 0.261 e. The van der Waals surface area contributed by atoms with E-state index in [1.54, 1.807) is 12.1 Å². The van der Waals surface area contributed by atoms with Crippen LogP contribution in [0.2, 0.25) is 0 Å². The Balaban J connectivity index is 1.49. The molecule has 4 aromatic rings. The fraction of sp³-hybridized carbons (Fsp3) is 0.200. The summed E-state index contributed by atoms with van der Waals surface area (Å²) in [6.45, 7) is 6.59. The molecule has 0 radical (unpaired) electrons. The van der Waals surface area contributed by atoms with Crippen LogP contribution in [0.25, 0.3) is 11.0 Å². The van der Waals surface area contributed by atoms with E-state index in [4.69, 9.17) is 0 Å². The number of sulfonamides is 1. The van der Waals surface area contributed by atoms with Gasteiger partial charge in [-0.1, -0.05) is 29.8 Å². The van der Waals surface area contributed by atoms with Gasteiger partial charge < -0.3 is 9.88 Å². The maximum absolute atomic E-state index is 12.8. The lowest BCUT2D eigenvalue weighted by molar-refractivity contribution is 0.0937. The van der Waals surface area contributed by atoms with Crippen molar-refractivity contribution in [3.05, 3.63) is 89.7 Å². The highest BCUT2D eigenvalue weighted by atomic mass is 32.2. The first-order valence-corrected chi connectivity index (χ1v) is 12.2. The minimum absolute atomic E-state index is 0.0837. The van der Waals surface area contributed by atoms with E-state index in [1.807, 2.05) is 57.2 Å². The van der Waals surface area contributed by atoms with Gasteiger partial charge in [0, 0.05) is 17.8 Å². The molecular formula is C25H26N4O3S. The van der Waals surface area contributed by atoms with Crippen molar-refractivity contribution in [3.63, 3.8) is 0 Å². The Morgan fingerprint density at radius 1 is 1.00 bits per heavy atom. The van der Waals surface area contributed by atoms with E-state index < -0.39 is 10.0 Å². The zero-order valence-corrected chi connectivity index (χ0v) is 19.6. The second-order valence-corrected chi connectivity index (χ2v) is 9.58. The number of rotatable bonds is 7. The molecule has 2 N–H and O–H groups in total. The van der Waals surface area contributed by atoms with Gasteiger partial charge in [-0.3, -0.25) is 9.52 Å². The van der Waals surface area contributed by atoms with E-state index in [1.165, 1.54) is 24.3 Å². The average molecular weight is 463 g/mol. The number of nitrogens with one attached hydrogen (secondary N) is 2. The molecule has 0 bridgehead atoms. The first-order chi connectivity index (χ1) is 15.8. The Kier molecular flexibility index (Phi) is 6.20. The minimum Gasteiger partial charge on any atom is -0.342 e. The summed E-state index contributed by atoms with van der Waals surface area (Å²) in [5, 5.41) is 2.96. The molecule has 8 heteroatoms. The molecule has 3 aromatic carbocycles. The Bertz CT molecular complexity index is 1390. The van der Waals surface area contributed by atoms with E-state index in [0.29, 0.717) is 11.3 Å². The zero-order chi connectivity index (χ0) is 23.6. The molecule has 1 unspecified atom stereocenters. The molecule has 33 heavy (non-hydrogen) atoms. The van der Waals surface area contributed by atoms with E-state index in [9.17, 15) is 13.2 Å². The molecule has 7 nitrogen and oxygen atoms in total. The number of benzene rings is 3. The number of hydrogen-bond donors (Lipinski definition) is 2. The molecule has 0 fully saturated rings. The summed E-state index contributed by atoms with van der Waals surface area (Å²) in [7, 11) is -3.75. The SMILES string of the molecule is CCn1c(C(C)NC(=O)c2ccc(S(=O)(=O)Nc3ccc(C)cc3)cc2)nc2ccccc21. The monoisotopic (exact) mass is 462 g/mol. The van der Waals surface area contributed by atoms with Crippen LogP contribution in [0.1, 0.15) is 41.6 Å². The molecule has 1 heterocycles. The number of imidazole rings is 1. The van der Waals surface area contributed by atoms with Crippen LogP contribution in [0.5, 0.6) is 0 Å². The summed E-state index contributed by atoms with van der Waals surface area (Å²) >= 11 is 0. The summed E-state index contributed by atoms with van der Waals surface area (Å²) in [6.07, 6.45) is 0. The van der Waals surface area contributed by atoms with Gasteiger partial charge in [-0.25, -0.2) is 13.4 Å². The highest BCUT2D eigenvalue weighted by Gasteiger charge is 2.19. The van der Waals surface area contributed by atoms with E-state index >= 15 is 0 Å². The molecule has 170 valence electrons.